The number of halogens is 5. The van der Waals surface area contributed by atoms with E-state index in [-0.39, 0.29) is 5.16 Å². The second-order valence-electron chi connectivity index (χ2n) is 4.19. The van der Waals surface area contributed by atoms with Gasteiger partial charge in [-0.05, 0) is 34.3 Å². The third-order valence-electron chi connectivity index (χ3n) is 2.84. The fourth-order valence-corrected chi connectivity index (χ4v) is 2.93. The van der Waals surface area contributed by atoms with E-state index in [9.17, 15) is 22.4 Å². The predicted octanol–water partition coefficient (Wildman–Crippen LogP) is 3.95. The summed E-state index contributed by atoms with van der Waals surface area (Å²) in [6.45, 7) is 0. The van der Waals surface area contributed by atoms with E-state index < -0.39 is 44.4 Å². The first-order valence-electron chi connectivity index (χ1n) is 5.84. The third kappa shape index (κ3) is 3.25. The Kier molecular flexibility index (Phi) is 4.81. The molecule has 2 rings (SSSR count). The summed E-state index contributed by atoms with van der Waals surface area (Å²) >= 11 is 3.71. The lowest BCUT2D eigenvalue weighted by Crippen LogP contribution is -2.16. The maximum Gasteiger partial charge on any atom is 0.417 e. The third-order valence-corrected chi connectivity index (χ3v) is 4.24. The number of benzene rings is 1. The molecule has 1 aromatic heterocycles. The van der Waals surface area contributed by atoms with E-state index in [2.05, 4.69) is 25.9 Å². The molecule has 0 saturated heterocycles. The van der Waals surface area contributed by atoms with Crippen LogP contribution in [-0.2, 0) is 6.18 Å². The highest BCUT2D eigenvalue weighted by Crippen LogP contribution is 2.41. The van der Waals surface area contributed by atoms with Gasteiger partial charge in [0.05, 0.1) is 11.1 Å². The zero-order chi connectivity index (χ0) is 17.4. The van der Waals surface area contributed by atoms with E-state index in [1.807, 2.05) is 0 Å². The number of alkyl halides is 3. The number of nitrogens with one attached hydrogen (secondary N) is 1. The quantitative estimate of drug-likeness (QED) is 0.464. The molecule has 0 saturated carbocycles. The van der Waals surface area contributed by atoms with Gasteiger partial charge >= 0.3 is 6.18 Å². The van der Waals surface area contributed by atoms with Crippen LogP contribution in [0.4, 0.5) is 17.6 Å². The molecular weight excluding hydrogens is 402 g/mol. The minimum Gasteiger partial charge on any atom is -0.300 e. The first-order valence-corrected chi connectivity index (χ1v) is 7.86. The van der Waals surface area contributed by atoms with Crippen LogP contribution in [0.3, 0.4) is 0 Å². The van der Waals surface area contributed by atoms with Crippen molar-refractivity contribution >= 4 is 27.7 Å². The van der Waals surface area contributed by atoms with E-state index in [1.165, 1.54) is 0 Å². The average molecular weight is 408 g/mol. The van der Waals surface area contributed by atoms with Crippen LogP contribution in [0.25, 0.3) is 11.3 Å². The molecule has 1 heterocycles. The number of rotatable bonds is 2. The molecule has 1 N–H and O–H groups in total. The van der Waals surface area contributed by atoms with E-state index in [0.717, 1.165) is 11.8 Å². The van der Waals surface area contributed by atoms with Crippen molar-refractivity contribution in [3.63, 3.8) is 0 Å². The normalized spacial score (nSPS) is 11.3. The fraction of sp³-hybridized carbons (Fsp3) is 0.154. The molecule has 120 valence electrons. The van der Waals surface area contributed by atoms with Gasteiger partial charge in [0.2, 0.25) is 0 Å². The van der Waals surface area contributed by atoms with Crippen LogP contribution < -0.4 is 5.56 Å². The van der Waals surface area contributed by atoms with Crippen molar-refractivity contribution in [2.45, 2.75) is 11.3 Å². The molecule has 0 aliphatic heterocycles. The highest BCUT2D eigenvalue weighted by atomic mass is 79.9. The van der Waals surface area contributed by atoms with Crippen molar-refractivity contribution in [3.8, 4) is 17.3 Å². The Hall–Kier alpha value is -1.86. The van der Waals surface area contributed by atoms with E-state index in [4.69, 9.17) is 5.26 Å². The molecule has 2 aromatic rings. The van der Waals surface area contributed by atoms with Crippen molar-refractivity contribution in [2.75, 3.05) is 6.26 Å². The molecular formula is C13H6BrF4N3OS. The lowest BCUT2D eigenvalue weighted by Gasteiger charge is -2.14. The number of hydrogen-bond donors (Lipinski definition) is 1. The molecule has 23 heavy (non-hydrogen) atoms. The molecule has 0 bridgehead atoms. The van der Waals surface area contributed by atoms with Crippen LogP contribution in [0, 0.1) is 17.1 Å². The minimum atomic E-state index is -4.74. The summed E-state index contributed by atoms with van der Waals surface area (Å²) in [5, 5.41) is 9.11. The fourth-order valence-electron chi connectivity index (χ4n) is 1.82. The van der Waals surface area contributed by atoms with Crippen LogP contribution in [0.5, 0.6) is 0 Å². The number of hydrogen-bond acceptors (Lipinski definition) is 4. The molecule has 0 amide bonds. The van der Waals surface area contributed by atoms with Crippen molar-refractivity contribution in [1.29, 1.82) is 5.26 Å². The van der Waals surface area contributed by atoms with Gasteiger partial charge in [0.15, 0.2) is 5.16 Å². The largest absolute Gasteiger partial charge is 0.417 e. The van der Waals surface area contributed by atoms with Crippen molar-refractivity contribution in [1.82, 2.24) is 9.97 Å². The number of aromatic amines is 1. The summed E-state index contributed by atoms with van der Waals surface area (Å²) in [4.78, 5) is 18.0. The molecule has 0 fully saturated rings. The van der Waals surface area contributed by atoms with Gasteiger partial charge in [0.25, 0.3) is 5.56 Å². The number of aromatic nitrogens is 2. The Labute approximate surface area is 139 Å². The van der Waals surface area contributed by atoms with Crippen molar-refractivity contribution in [3.05, 3.63) is 43.9 Å². The predicted molar refractivity (Wildman–Crippen MR) is 79.4 cm³/mol. The van der Waals surface area contributed by atoms with Crippen LogP contribution >= 0.6 is 27.7 Å². The van der Waals surface area contributed by atoms with E-state index >= 15 is 0 Å². The lowest BCUT2D eigenvalue weighted by atomic mass is 10.0. The first kappa shape index (κ1) is 17.5. The summed E-state index contributed by atoms with van der Waals surface area (Å²) in [5.41, 5.74) is -3.59. The summed E-state index contributed by atoms with van der Waals surface area (Å²) in [5.74, 6) is -1.04. The molecule has 0 unspecified atom stereocenters. The van der Waals surface area contributed by atoms with Crippen LogP contribution in [0.1, 0.15) is 11.1 Å². The Morgan fingerprint density at radius 2 is 2.04 bits per heavy atom. The van der Waals surface area contributed by atoms with Crippen molar-refractivity contribution in [2.24, 2.45) is 0 Å². The van der Waals surface area contributed by atoms with Gasteiger partial charge in [-0.25, -0.2) is 9.37 Å². The first-order chi connectivity index (χ1) is 10.7. The van der Waals surface area contributed by atoms with Gasteiger partial charge < -0.3 is 4.98 Å². The topological polar surface area (TPSA) is 69.5 Å². The number of H-pyrrole nitrogens is 1. The lowest BCUT2D eigenvalue weighted by molar-refractivity contribution is -0.138. The van der Waals surface area contributed by atoms with Crippen molar-refractivity contribution < 1.29 is 17.6 Å². The number of thioether (sulfide) groups is 1. The number of nitriles is 1. The second kappa shape index (κ2) is 6.33. The highest BCUT2D eigenvalue weighted by molar-refractivity contribution is 9.10. The van der Waals surface area contributed by atoms with Gasteiger partial charge in [-0.1, -0.05) is 11.8 Å². The summed E-state index contributed by atoms with van der Waals surface area (Å²) in [6, 6.07) is 2.73. The molecule has 4 nitrogen and oxygen atoms in total. The van der Waals surface area contributed by atoms with E-state index in [1.54, 1.807) is 12.3 Å². The molecule has 0 radical (unpaired) electrons. The Bertz CT molecular complexity index is 873. The van der Waals surface area contributed by atoms with Gasteiger partial charge in [-0.15, -0.1) is 0 Å². The van der Waals surface area contributed by atoms with Gasteiger partial charge in [0.1, 0.15) is 23.1 Å². The summed E-state index contributed by atoms with van der Waals surface area (Å²) in [6.07, 6.45) is -3.18. The zero-order valence-corrected chi connectivity index (χ0v) is 13.7. The van der Waals surface area contributed by atoms with Gasteiger partial charge in [-0.2, -0.15) is 18.4 Å². The zero-order valence-electron chi connectivity index (χ0n) is 11.3. The summed E-state index contributed by atoms with van der Waals surface area (Å²) in [7, 11) is 0. The standard InChI is InChI=1S/C13H6BrF4N3OS/c1-23-12-20-10(5(4-19)11(22)21-12)8-7(15)3-2-6(9(8)14)13(16,17)18/h2-3H,1H3,(H,20,21,22). The van der Waals surface area contributed by atoms with Crippen LogP contribution in [-0.4, -0.2) is 16.2 Å². The monoisotopic (exact) mass is 407 g/mol. The van der Waals surface area contributed by atoms with Gasteiger partial charge in [0, 0.05) is 4.47 Å². The Morgan fingerprint density at radius 1 is 1.39 bits per heavy atom. The summed E-state index contributed by atoms with van der Waals surface area (Å²) < 4.78 is 52.4. The van der Waals surface area contributed by atoms with Crippen LogP contribution in [0.2, 0.25) is 0 Å². The molecule has 10 heteroatoms. The Morgan fingerprint density at radius 3 is 2.57 bits per heavy atom. The van der Waals surface area contributed by atoms with Gasteiger partial charge in [-0.3, -0.25) is 4.79 Å². The minimum absolute atomic E-state index is 0.0488. The SMILES string of the molecule is CSc1nc(-c2c(F)ccc(C(F)(F)F)c2Br)c(C#N)c(=O)[nH]1. The average Bonchev–Trinajstić information content (AvgIpc) is 2.45. The molecule has 0 spiro atoms. The molecule has 0 aliphatic rings. The highest BCUT2D eigenvalue weighted by Gasteiger charge is 2.35. The maximum atomic E-state index is 14.1. The van der Waals surface area contributed by atoms with Crippen LogP contribution in [0.15, 0.2) is 26.6 Å². The Balaban J connectivity index is 2.90. The second-order valence-corrected chi connectivity index (χ2v) is 5.78. The smallest absolute Gasteiger partial charge is 0.300 e. The number of nitrogens with zero attached hydrogens (tertiary/aromatic N) is 2. The molecule has 0 aliphatic carbocycles. The maximum absolute atomic E-state index is 14.1. The van der Waals surface area contributed by atoms with E-state index in [0.29, 0.717) is 12.1 Å². The molecule has 1 aromatic carbocycles. The molecule has 0 atom stereocenters.